The van der Waals surface area contributed by atoms with Gasteiger partial charge in [0, 0.05) is 22.9 Å². The first-order valence-electron chi connectivity index (χ1n) is 8.00. The highest BCUT2D eigenvalue weighted by atomic mass is 19.1. The summed E-state index contributed by atoms with van der Waals surface area (Å²) in [6, 6.07) is 9.95. The van der Waals surface area contributed by atoms with Gasteiger partial charge in [-0.2, -0.15) is 0 Å². The van der Waals surface area contributed by atoms with Crippen molar-refractivity contribution in [2.24, 2.45) is 5.73 Å². The van der Waals surface area contributed by atoms with Crippen LogP contribution in [0.5, 0.6) is 5.75 Å². The zero-order valence-corrected chi connectivity index (χ0v) is 13.9. The van der Waals surface area contributed by atoms with Gasteiger partial charge in [-0.1, -0.05) is 24.3 Å². The molecule has 25 heavy (non-hydrogen) atoms. The molecular formula is C19H20FN3O2. The highest BCUT2D eigenvalue weighted by Gasteiger charge is 2.24. The van der Waals surface area contributed by atoms with Crippen LogP contribution in [-0.4, -0.2) is 19.1 Å². The van der Waals surface area contributed by atoms with Gasteiger partial charge in [0.1, 0.15) is 11.6 Å². The van der Waals surface area contributed by atoms with Crippen LogP contribution in [0.25, 0.3) is 17.2 Å². The normalized spacial score (nSPS) is 14.2. The average Bonchev–Trinajstić information content (AvgIpc) is 3.40. The lowest BCUT2D eigenvalue weighted by Gasteiger charge is -2.14. The van der Waals surface area contributed by atoms with Crippen LogP contribution in [0.3, 0.4) is 0 Å². The van der Waals surface area contributed by atoms with Crippen molar-refractivity contribution >= 4 is 17.7 Å². The molecule has 5 N–H and O–H groups in total. The molecule has 0 heterocycles. The largest absolute Gasteiger partial charge is 0.496 e. The lowest BCUT2D eigenvalue weighted by atomic mass is 9.98. The van der Waals surface area contributed by atoms with Crippen molar-refractivity contribution < 1.29 is 13.9 Å². The van der Waals surface area contributed by atoms with Crippen molar-refractivity contribution in [1.29, 1.82) is 0 Å². The maximum atomic E-state index is 14.3. The Balaban J connectivity index is 1.99. The molecule has 5 nitrogen and oxygen atoms in total. The molecule has 6 heteroatoms. The molecule has 1 amide bonds. The predicted octanol–water partition coefficient (Wildman–Crippen LogP) is 2.66. The Morgan fingerprint density at radius 2 is 2.00 bits per heavy atom. The first kappa shape index (κ1) is 16.8. The van der Waals surface area contributed by atoms with Crippen molar-refractivity contribution in [2.75, 3.05) is 12.8 Å². The van der Waals surface area contributed by atoms with Gasteiger partial charge in [-0.3, -0.25) is 4.79 Å². The van der Waals surface area contributed by atoms with Crippen LogP contribution in [0.15, 0.2) is 42.1 Å². The number of carbonyl (C=O) groups excluding carboxylic acids is 1. The van der Waals surface area contributed by atoms with Gasteiger partial charge < -0.3 is 21.5 Å². The fourth-order valence-corrected chi connectivity index (χ4v) is 2.59. The van der Waals surface area contributed by atoms with Gasteiger partial charge >= 0.3 is 0 Å². The molecule has 3 rings (SSSR count). The molecule has 0 saturated heterocycles. The Labute approximate surface area is 145 Å². The van der Waals surface area contributed by atoms with E-state index in [1.807, 2.05) is 0 Å². The third-order valence-electron chi connectivity index (χ3n) is 4.09. The van der Waals surface area contributed by atoms with Crippen LogP contribution in [-0.2, 0) is 4.79 Å². The molecular weight excluding hydrogens is 321 g/mol. The number of nitrogen functional groups attached to an aromatic ring is 1. The van der Waals surface area contributed by atoms with Crippen LogP contribution < -0.4 is 21.5 Å². The summed E-state index contributed by atoms with van der Waals surface area (Å²) >= 11 is 0. The average molecular weight is 341 g/mol. The number of benzene rings is 2. The van der Waals surface area contributed by atoms with Gasteiger partial charge in [0.05, 0.1) is 18.4 Å². The lowest BCUT2D eigenvalue weighted by Crippen LogP contribution is -2.30. The van der Waals surface area contributed by atoms with E-state index in [0.29, 0.717) is 22.6 Å². The van der Waals surface area contributed by atoms with Gasteiger partial charge in [0.2, 0.25) is 0 Å². The summed E-state index contributed by atoms with van der Waals surface area (Å²) in [6.07, 6.45) is 3.46. The number of hydrogen-bond acceptors (Lipinski definition) is 4. The van der Waals surface area contributed by atoms with E-state index >= 15 is 0 Å². The quantitative estimate of drug-likeness (QED) is 0.576. The second-order valence-corrected chi connectivity index (χ2v) is 5.97. The van der Waals surface area contributed by atoms with E-state index in [4.69, 9.17) is 16.2 Å². The summed E-state index contributed by atoms with van der Waals surface area (Å²) < 4.78 is 19.6. The summed E-state index contributed by atoms with van der Waals surface area (Å²) in [5.74, 6) is -0.380. The Hall–Kier alpha value is -3.02. The fourth-order valence-electron chi connectivity index (χ4n) is 2.59. The smallest absolute Gasteiger partial charge is 0.267 e. The van der Waals surface area contributed by atoms with Crippen LogP contribution in [0.4, 0.5) is 10.1 Å². The molecule has 0 radical (unpaired) electrons. The molecule has 1 aliphatic rings. The van der Waals surface area contributed by atoms with Crippen LogP contribution >= 0.6 is 0 Å². The third-order valence-corrected chi connectivity index (χ3v) is 4.09. The van der Waals surface area contributed by atoms with Gasteiger partial charge in [0.15, 0.2) is 0 Å². The predicted molar refractivity (Wildman–Crippen MR) is 96.1 cm³/mol. The molecule has 0 spiro atoms. The minimum atomic E-state index is -0.438. The van der Waals surface area contributed by atoms with Crippen molar-refractivity contribution in [3.05, 3.63) is 53.5 Å². The molecule has 1 saturated carbocycles. The number of halogens is 1. The number of methoxy groups -OCH3 is 1. The van der Waals surface area contributed by atoms with E-state index in [1.165, 1.54) is 19.3 Å². The summed E-state index contributed by atoms with van der Waals surface area (Å²) in [7, 11) is 1.47. The minimum absolute atomic E-state index is 0.0660. The Morgan fingerprint density at radius 1 is 1.28 bits per heavy atom. The van der Waals surface area contributed by atoms with Gasteiger partial charge in [-0.05, 0) is 31.1 Å². The molecule has 130 valence electrons. The summed E-state index contributed by atoms with van der Waals surface area (Å²) in [5.41, 5.74) is 13.8. The minimum Gasteiger partial charge on any atom is -0.496 e. The molecule has 0 atom stereocenters. The van der Waals surface area contributed by atoms with E-state index < -0.39 is 5.82 Å². The molecule has 2 aromatic carbocycles. The maximum Gasteiger partial charge on any atom is 0.267 e. The van der Waals surface area contributed by atoms with Crippen molar-refractivity contribution in [3.63, 3.8) is 0 Å². The van der Waals surface area contributed by atoms with E-state index in [2.05, 4.69) is 5.32 Å². The molecule has 0 aliphatic heterocycles. The molecule has 0 bridgehead atoms. The molecule has 1 fully saturated rings. The van der Waals surface area contributed by atoms with Crippen LogP contribution in [0.1, 0.15) is 18.4 Å². The Kier molecular flexibility index (Phi) is 4.61. The van der Waals surface area contributed by atoms with Crippen molar-refractivity contribution in [3.8, 4) is 16.9 Å². The Bertz CT molecular complexity index is 845. The lowest BCUT2D eigenvalue weighted by molar-refractivity contribution is -0.117. The second kappa shape index (κ2) is 6.84. The monoisotopic (exact) mass is 341 g/mol. The number of hydrogen-bond donors (Lipinski definition) is 3. The van der Waals surface area contributed by atoms with Crippen LogP contribution in [0.2, 0.25) is 0 Å². The molecule has 0 aromatic heterocycles. The summed E-state index contributed by atoms with van der Waals surface area (Å²) in [5, 5.41) is 2.81. The third kappa shape index (κ3) is 3.57. The van der Waals surface area contributed by atoms with E-state index in [1.54, 1.807) is 30.3 Å². The second-order valence-electron chi connectivity index (χ2n) is 5.97. The van der Waals surface area contributed by atoms with Crippen LogP contribution in [0, 0.1) is 5.82 Å². The molecule has 2 aromatic rings. The molecule has 0 unspecified atom stereocenters. The highest BCUT2D eigenvalue weighted by molar-refractivity contribution is 5.99. The number of carbonyl (C=O) groups is 1. The first-order valence-corrected chi connectivity index (χ1v) is 8.00. The number of anilines is 1. The number of para-hydroxylation sites is 1. The SMILES string of the molecule is COc1cccc(F)c1-c1cccc(/C=C(\N)C(=O)NC2CC2)c1N. The van der Waals surface area contributed by atoms with E-state index in [0.717, 1.165) is 12.8 Å². The topological polar surface area (TPSA) is 90.4 Å². The number of nitrogens with one attached hydrogen (secondary N) is 1. The zero-order chi connectivity index (χ0) is 18.0. The zero-order valence-electron chi connectivity index (χ0n) is 13.9. The highest BCUT2D eigenvalue weighted by Crippen LogP contribution is 2.37. The molecule has 1 aliphatic carbocycles. The van der Waals surface area contributed by atoms with Gasteiger partial charge in [-0.15, -0.1) is 0 Å². The van der Waals surface area contributed by atoms with Crippen molar-refractivity contribution in [1.82, 2.24) is 5.32 Å². The first-order chi connectivity index (χ1) is 12.0. The van der Waals surface area contributed by atoms with Gasteiger partial charge in [0.25, 0.3) is 5.91 Å². The van der Waals surface area contributed by atoms with E-state index in [9.17, 15) is 9.18 Å². The number of nitrogens with two attached hydrogens (primary N) is 2. The number of amides is 1. The summed E-state index contributed by atoms with van der Waals surface area (Å²) in [6.45, 7) is 0. The number of ether oxygens (including phenoxy) is 1. The van der Waals surface area contributed by atoms with Gasteiger partial charge in [-0.25, -0.2) is 4.39 Å². The van der Waals surface area contributed by atoms with Crippen molar-refractivity contribution in [2.45, 2.75) is 18.9 Å². The summed E-state index contributed by atoms with van der Waals surface area (Å²) in [4.78, 5) is 12.0. The number of rotatable bonds is 5. The fraction of sp³-hybridized carbons (Fsp3) is 0.211. The maximum absolute atomic E-state index is 14.3. The standard InChI is InChI=1S/C19H20FN3O2/c1-25-16-7-3-6-14(20)17(16)13-5-2-4-11(18(13)22)10-15(21)19(24)23-12-8-9-12/h2-7,10,12H,8-9,21-22H2,1H3,(H,23,24)/b15-10-. The van der Waals surface area contributed by atoms with E-state index in [-0.39, 0.29) is 23.2 Å². The Morgan fingerprint density at radius 3 is 2.68 bits per heavy atom.